The summed E-state index contributed by atoms with van der Waals surface area (Å²) in [5, 5.41) is 6.03. The van der Waals surface area contributed by atoms with Crippen LogP contribution in [0, 0.1) is 0 Å². The van der Waals surface area contributed by atoms with Crippen molar-refractivity contribution in [2.75, 3.05) is 12.4 Å². The zero-order chi connectivity index (χ0) is 22.6. The largest absolute Gasteiger partial charge is 0.497 e. The summed E-state index contributed by atoms with van der Waals surface area (Å²) in [6.45, 7) is 1.80. The van der Waals surface area contributed by atoms with Crippen LogP contribution in [0.1, 0.15) is 49.7 Å². The number of hydrogen-bond acceptors (Lipinski definition) is 4. The highest BCUT2D eigenvalue weighted by atomic mass is 19.4. The SMILES string of the molecule is COc1cc(Nc2cccc(C(C)C(=O)NC3CCCCC3N)c2)cc(C(F)(F)F)c1. The maximum Gasteiger partial charge on any atom is 0.416 e. The van der Waals surface area contributed by atoms with Crippen molar-refractivity contribution in [3.8, 4) is 5.75 Å². The monoisotopic (exact) mass is 435 g/mol. The molecule has 4 N–H and O–H groups in total. The third-order valence-electron chi connectivity index (χ3n) is 5.69. The molecule has 168 valence electrons. The van der Waals surface area contributed by atoms with E-state index in [4.69, 9.17) is 10.5 Å². The molecule has 31 heavy (non-hydrogen) atoms. The first-order valence-corrected chi connectivity index (χ1v) is 10.4. The van der Waals surface area contributed by atoms with E-state index >= 15 is 0 Å². The van der Waals surface area contributed by atoms with Gasteiger partial charge in [0, 0.05) is 29.5 Å². The van der Waals surface area contributed by atoms with E-state index in [9.17, 15) is 18.0 Å². The number of nitrogens with two attached hydrogens (primary N) is 1. The number of ether oxygens (including phenoxy) is 1. The van der Waals surface area contributed by atoms with Crippen LogP contribution in [0.4, 0.5) is 24.5 Å². The van der Waals surface area contributed by atoms with Gasteiger partial charge in [-0.2, -0.15) is 13.2 Å². The minimum Gasteiger partial charge on any atom is -0.497 e. The Morgan fingerprint density at radius 3 is 2.55 bits per heavy atom. The summed E-state index contributed by atoms with van der Waals surface area (Å²) in [5.74, 6) is -0.433. The molecule has 3 unspecified atom stereocenters. The van der Waals surface area contributed by atoms with Crippen molar-refractivity contribution in [3.05, 3.63) is 53.6 Å². The lowest BCUT2D eigenvalue weighted by Gasteiger charge is -2.30. The van der Waals surface area contributed by atoms with Gasteiger partial charge in [0.05, 0.1) is 18.6 Å². The first-order chi connectivity index (χ1) is 14.7. The second-order valence-electron chi connectivity index (χ2n) is 7.98. The van der Waals surface area contributed by atoms with Crippen molar-refractivity contribution in [2.45, 2.75) is 56.8 Å². The molecule has 0 bridgehead atoms. The average Bonchev–Trinajstić information content (AvgIpc) is 2.74. The van der Waals surface area contributed by atoms with Gasteiger partial charge in [0.1, 0.15) is 5.75 Å². The van der Waals surface area contributed by atoms with Gasteiger partial charge >= 0.3 is 6.18 Å². The van der Waals surface area contributed by atoms with Crippen LogP contribution >= 0.6 is 0 Å². The van der Waals surface area contributed by atoms with Crippen molar-refractivity contribution >= 4 is 17.3 Å². The minimum atomic E-state index is -4.49. The molecule has 1 fully saturated rings. The molecule has 1 amide bonds. The fraction of sp³-hybridized carbons (Fsp3) is 0.435. The summed E-state index contributed by atoms with van der Waals surface area (Å²) in [4.78, 5) is 12.7. The molecular formula is C23H28F3N3O2. The van der Waals surface area contributed by atoms with Gasteiger partial charge in [0.25, 0.3) is 0 Å². The zero-order valence-corrected chi connectivity index (χ0v) is 17.6. The van der Waals surface area contributed by atoms with Gasteiger partial charge in [0.15, 0.2) is 0 Å². The number of hydrogen-bond donors (Lipinski definition) is 3. The van der Waals surface area contributed by atoms with Crippen molar-refractivity contribution in [2.24, 2.45) is 5.73 Å². The van der Waals surface area contributed by atoms with E-state index in [-0.39, 0.29) is 29.4 Å². The lowest BCUT2D eigenvalue weighted by Crippen LogP contribution is -2.50. The molecule has 2 aromatic carbocycles. The van der Waals surface area contributed by atoms with Crippen molar-refractivity contribution in [3.63, 3.8) is 0 Å². The lowest BCUT2D eigenvalue weighted by molar-refractivity contribution is -0.137. The summed E-state index contributed by atoms with van der Waals surface area (Å²) in [6, 6.07) is 10.5. The van der Waals surface area contributed by atoms with Crippen molar-refractivity contribution in [1.29, 1.82) is 0 Å². The van der Waals surface area contributed by atoms with Crippen LogP contribution in [0.2, 0.25) is 0 Å². The Kier molecular flexibility index (Phi) is 7.10. The molecule has 3 atom stereocenters. The van der Waals surface area contributed by atoms with E-state index in [1.165, 1.54) is 13.2 Å². The summed E-state index contributed by atoms with van der Waals surface area (Å²) < 4.78 is 44.5. The number of anilines is 2. The highest BCUT2D eigenvalue weighted by Gasteiger charge is 2.31. The summed E-state index contributed by atoms with van der Waals surface area (Å²) >= 11 is 0. The summed E-state index contributed by atoms with van der Waals surface area (Å²) in [5.41, 5.74) is 6.90. The molecule has 5 nitrogen and oxygen atoms in total. The van der Waals surface area contributed by atoms with Gasteiger partial charge in [-0.1, -0.05) is 25.0 Å². The Bertz CT molecular complexity index is 917. The molecule has 0 aromatic heterocycles. The Labute approximate surface area is 180 Å². The van der Waals surface area contributed by atoms with Gasteiger partial charge in [-0.15, -0.1) is 0 Å². The van der Waals surface area contributed by atoms with Gasteiger partial charge in [-0.05, 0) is 49.6 Å². The molecule has 8 heteroatoms. The minimum absolute atomic E-state index is 0.0254. The van der Waals surface area contributed by atoms with Crippen LogP contribution < -0.4 is 21.1 Å². The first-order valence-electron chi connectivity index (χ1n) is 10.4. The van der Waals surface area contributed by atoms with E-state index in [0.29, 0.717) is 5.69 Å². The summed E-state index contributed by atoms with van der Waals surface area (Å²) in [6.07, 6.45) is -0.582. The van der Waals surface area contributed by atoms with E-state index in [2.05, 4.69) is 10.6 Å². The maximum absolute atomic E-state index is 13.2. The van der Waals surface area contributed by atoms with Crippen LogP contribution in [0.25, 0.3) is 0 Å². The Balaban J connectivity index is 1.75. The number of rotatable bonds is 6. The highest BCUT2D eigenvalue weighted by Crippen LogP contribution is 2.35. The van der Waals surface area contributed by atoms with Crippen molar-refractivity contribution in [1.82, 2.24) is 5.32 Å². The first kappa shape index (κ1) is 22.9. The maximum atomic E-state index is 13.2. The smallest absolute Gasteiger partial charge is 0.416 e. The molecule has 0 spiro atoms. The van der Waals surface area contributed by atoms with E-state index in [1.54, 1.807) is 25.1 Å². The number of halogens is 3. The molecule has 1 aliphatic rings. The number of nitrogens with one attached hydrogen (secondary N) is 2. The van der Waals surface area contributed by atoms with Crippen LogP contribution in [0.3, 0.4) is 0 Å². The zero-order valence-electron chi connectivity index (χ0n) is 17.6. The molecule has 0 aliphatic heterocycles. The predicted molar refractivity (Wildman–Crippen MR) is 115 cm³/mol. The van der Waals surface area contributed by atoms with Gasteiger partial charge in [-0.25, -0.2) is 0 Å². The molecule has 1 saturated carbocycles. The van der Waals surface area contributed by atoms with E-state index < -0.39 is 17.7 Å². The number of carbonyl (C=O) groups excluding carboxylic acids is 1. The molecule has 2 aromatic rings. The van der Waals surface area contributed by atoms with Crippen LogP contribution in [-0.2, 0) is 11.0 Å². The third-order valence-corrected chi connectivity index (χ3v) is 5.69. The fourth-order valence-corrected chi connectivity index (χ4v) is 3.80. The highest BCUT2D eigenvalue weighted by molar-refractivity contribution is 5.84. The molecule has 1 aliphatic carbocycles. The predicted octanol–water partition coefficient (Wildman–Crippen LogP) is 4.95. The van der Waals surface area contributed by atoms with Crippen LogP contribution in [0.15, 0.2) is 42.5 Å². The molecule has 0 heterocycles. The second kappa shape index (κ2) is 9.60. The third kappa shape index (κ3) is 5.91. The molecular weight excluding hydrogens is 407 g/mol. The lowest BCUT2D eigenvalue weighted by atomic mass is 9.90. The average molecular weight is 435 g/mol. The van der Waals surface area contributed by atoms with Gasteiger partial charge in [0.2, 0.25) is 5.91 Å². The number of carbonyl (C=O) groups is 1. The Morgan fingerprint density at radius 2 is 1.87 bits per heavy atom. The van der Waals surface area contributed by atoms with Gasteiger partial charge < -0.3 is 21.1 Å². The standard InChI is InChI=1S/C23H28F3N3O2/c1-14(22(30)29-21-9-4-3-8-20(21)27)15-6-5-7-17(10-15)28-18-11-16(23(24,25)26)12-19(13-18)31-2/h5-7,10-14,20-21,28H,3-4,8-9,27H2,1-2H3,(H,29,30). The van der Waals surface area contributed by atoms with Crippen molar-refractivity contribution < 1.29 is 22.7 Å². The second-order valence-corrected chi connectivity index (χ2v) is 7.98. The van der Waals surface area contributed by atoms with Crippen LogP contribution in [0.5, 0.6) is 5.75 Å². The molecule has 0 saturated heterocycles. The fourth-order valence-electron chi connectivity index (χ4n) is 3.80. The molecule has 3 rings (SSSR count). The number of alkyl halides is 3. The summed E-state index contributed by atoms with van der Waals surface area (Å²) in [7, 11) is 1.32. The van der Waals surface area contributed by atoms with E-state index in [1.807, 2.05) is 6.07 Å². The van der Waals surface area contributed by atoms with Crippen LogP contribution in [-0.4, -0.2) is 25.1 Å². The Hall–Kier alpha value is -2.74. The number of amides is 1. The Morgan fingerprint density at radius 1 is 1.13 bits per heavy atom. The quantitative estimate of drug-likeness (QED) is 0.600. The van der Waals surface area contributed by atoms with E-state index in [0.717, 1.165) is 43.4 Å². The van der Waals surface area contributed by atoms with Gasteiger partial charge in [-0.3, -0.25) is 4.79 Å². The number of benzene rings is 2. The molecule has 0 radical (unpaired) electrons. The normalized spacial score (nSPS) is 20.1. The topological polar surface area (TPSA) is 76.4 Å². The number of methoxy groups -OCH3 is 1.